The van der Waals surface area contributed by atoms with Crippen molar-refractivity contribution in [2.45, 2.75) is 45.4 Å². The first kappa shape index (κ1) is 11.5. The summed E-state index contributed by atoms with van der Waals surface area (Å²) in [5.41, 5.74) is 1.04. The molecule has 0 aliphatic carbocycles. The van der Waals surface area contributed by atoms with Crippen molar-refractivity contribution in [3.05, 3.63) is 23.8 Å². The van der Waals surface area contributed by atoms with E-state index in [2.05, 4.69) is 22.2 Å². The Bertz CT molecular complexity index is 337. The molecule has 1 aromatic rings. The molecule has 88 valence electrons. The number of hydrogen-bond donors (Lipinski definition) is 1. The van der Waals surface area contributed by atoms with Crippen LogP contribution in [0.4, 0.5) is 0 Å². The van der Waals surface area contributed by atoms with E-state index in [-0.39, 0.29) is 0 Å². The zero-order valence-corrected chi connectivity index (χ0v) is 9.94. The van der Waals surface area contributed by atoms with Gasteiger partial charge in [0.15, 0.2) is 0 Å². The Morgan fingerprint density at radius 3 is 3.19 bits per heavy atom. The van der Waals surface area contributed by atoms with Gasteiger partial charge in [-0.05, 0) is 32.8 Å². The molecule has 2 unspecified atom stereocenters. The maximum atomic E-state index is 5.63. The van der Waals surface area contributed by atoms with Crippen molar-refractivity contribution in [2.75, 3.05) is 6.61 Å². The lowest BCUT2D eigenvalue weighted by Gasteiger charge is -2.19. The summed E-state index contributed by atoms with van der Waals surface area (Å²) in [6, 6.07) is 2.33. The molecule has 1 aliphatic rings. The molecule has 2 rings (SSSR count). The molecule has 1 aromatic heterocycles. The second-order valence-corrected chi connectivity index (χ2v) is 4.32. The van der Waals surface area contributed by atoms with Gasteiger partial charge in [0.1, 0.15) is 5.82 Å². The van der Waals surface area contributed by atoms with Crippen LogP contribution in [-0.2, 0) is 11.3 Å². The van der Waals surface area contributed by atoms with E-state index in [1.807, 2.05) is 13.0 Å². The number of ether oxygens (including phenoxy) is 1. The molecule has 0 saturated carbocycles. The SMILES string of the molecule is Cc1nccc(CNC(C)C2CCCO2)n1. The first-order chi connectivity index (χ1) is 7.75. The van der Waals surface area contributed by atoms with Crippen LogP contribution < -0.4 is 5.32 Å². The van der Waals surface area contributed by atoms with Gasteiger partial charge in [-0.1, -0.05) is 0 Å². The molecule has 0 amide bonds. The van der Waals surface area contributed by atoms with Crippen molar-refractivity contribution in [3.8, 4) is 0 Å². The molecule has 4 heteroatoms. The van der Waals surface area contributed by atoms with Crippen LogP contribution in [0.25, 0.3) is 0 Å². The fourth-order valence-electron chi connectivity index (χ4n) is 2.00. The zero-order valence-electron chi connectivity index (χ0n) is 9.94. The average molecular weight is 221 g/mol. The predicted molar refractivity (Wildman–Crippen MR) is 62.0 cm³/mol. The summed E-state index contributed by atoms with van der Waals surface area (Å²) in [6.45, 7) is 5.77. The van der Waals surface area contributed by atoms with Crippen molar-refractivity contribution in [1.82, 2.24) is 15.3 Å². The van der Waals surface area contributed by atoms with E-state index >= 15 is 0 Å². The van der Waals surface area contributed by atoms with E-state index in [4.69, 9.17) is 4.74 Å². The first-order valence-electron chi connectivity index (χ1n) is 5.89. The van der Waals surface area contributed by atoms with Gasteiger partial charge in [-0.15, -0.1) is 0 Å². The monoisotopic (exact) mass is 221 g/mol. The average Bonchev–Trinajstić information content (AvgIpc) is 2.79. The number of nitrogens with zero attached hydrogens (tertiary/aromatic N) is 2. The second kappa shape index (κ2) is 5.37. The van der Waals surface area contributed by atoms with Crippen LogP contribution in [0, 0.1) is 6.92 Å². The molecule has 0 aromatic carbocycles. The Balaban J connectivity index is 1.82. The lowest BCUT2D eigenvalue weighted by Crippen LogP contribution is -2.36. The Morgan fingerprint density at radius 2 is 2.50 bits per heavy atom. The zero-order chi connectivity index (χ0) is 11.4. The smallest absolute Gasteiger partial charge is 0.125 e. The quantitative estimate of drug-likeness (QED) is 0.835. The summed E-state index contributed by atoms with van der Waals surface area (Å²) in [4.78, 5) is 8.44. The third-order valence-electron chi connectivity index (χ3n) is 2.96. The van der Waals surface area contributed by atoms with Gasteiger partial charge in [0.25, 0.3) is 0 Å². The van der Waals surface area contributed by atoms with Gasteiger partial charge in [-0.3, -0.25) is 0 Å². The van der Waals surface area contributed by atoms with Gasteiger partial charge in [-0.2, -0.15) is 0 Å². The maximum absolute atomic E-state index is 5.63. The van der Waals surface area contributed by atoms with Crippen LogP contribution in [0.3, 0.4) is 0 Å². The largest absolute Gasteiger partial charge is 0.377 e. The summed E-state index contributed by atoms with van der Waals surface area (Å²) in [6.07, 6.45) is 4.51. The molecule has 4 nitrogen and oxygen atoms in total. The van der Waals surface area contributed by atoms with Crippen LogP contribution in [0.15, 0.2) is 12.3 Å². The normalized spacial score (nSPS) is 22.2. The van der Waals surface area contributed by atoms with Crippen molar-refractivity contribution >= 4 is 0 Å². The highest BCUT2D eigenvalue weighted by atomic mass is 16.5. The summed E-state index contributed by atoms with van der Waals surface area (Å²) >= 11 is 0. The maximum Gasteiger partial charge on any atom is 0.125 e. The Hall–Kier alpha value is -1.00. The molecule has 0 radical (unpaired) electrons. The minimum Gasteiger partial charge on any atom is -0.377 e. The minimum atomic E-state index is 0.364. The highest BCUT2D eigenvalue weighted by molar-refractivity contribution is 5.01. The van der Waals surface area contributed by atoms with Crippen molar-refractivity contribution in [3.63, 3.8) is 0 Å². The fourth-order valence-corrected chi connectivity index (χ4v) is 2.00. The van der Waals surface area contributed by atoms with Gasteiger partial charge in [-0.25, -0.2) is 9.97 Å². The third kappa shape index (κ3) is 3.00. The van der Waals surface area contributed by atoms with Crippen molar-refractivity contribution < 1.29 is 4.74 Å². The molecule has 1 aliphatic heterocycles. The molecule has 0 spiro atoms. The van der Waals surface area contributed by atoms with Crippen LogP contribution in [0.1, 0.15) is 31.3 Å². The van der Waals surface area contributed by atoms with Gasteiger partial charge in [0, 0.05) is 25.4 Å². The lowest BCUT2D eigenvalue weighted by molar-refractivity contribution is 0.0831. The number of hydrogen-bond acceptors (Lipinski definition) is 4. The molecule has 1 saturated heterocycles. The van der Waals surface area contributed by atoms with Gasteiger partial charge < -0.3 is 10.1 Å². The fraction of sp³-hybridized carbons (Fsp3) is 0.667. The standard InChI is InChI=1S/C12H19N3O/c1-9(12-4-3-7-16-12)14-8-11-5-6-13-10(2)15-11/h5-6,9,12,14H,3-4,7-8H2,1-2H3. The molecular weight excluding hydrogens is 202 g/mol. The van der Waals surface area contributed by atoms with E-state index in [0.717, 1.165) is 31.1 Å². The summed E-state index contributed by atoms with van der Waals surface area (Å²) < 4.78 is 5.63. The Kier molecular flexibility index (Phi) is 3.85. The lowest BCUT2D eigenvalue weighted by atomic mass is 10.1. The molecule has 0 bridgehead atoms. The molecule has 16 heavy (non-hydrogen) atoms. The predicted octanol–water partition coefficient (Wildman–Crippen LogP) is 1.44. The number of rotatable bonds is 4. The van der Waals surface area contributed by atoms with Gasteiger partial charge >= 0.3 is 0 Å². The second-order valence-electron chi connectivity index (χ2n) is 4.32. The summed E-state index contributed by atoms with van der Waals surface area (Å²) in [5.74, 6) is 0.823. The van der Waals surface area contributed by atoms with Gasteiger partial charge in [0.05, 0.1) is 11.8 Å². The first-order valence-corrected chi connectivity index (χ1v) is 5.89. The van der Waals surface area contributed by atoms with Crippen LogP contribution in [-0.4, -0.2) is 28.7 Å². The highest BCUT2D eigenvalue weighted by Gasteiger charge is 2.21. The van der Waals surface area contributed by atoms with Crippen LogP contribution in [0.2, 0.25) is 0 Å². The molecule has 2 heterocycles. The number of aryl methyl sites for hydroxylation is 1. The molecule has 1 N–H and O–H groups in total. The Morgan fingerprint density at radius 1 is 1.62 bits per heavy atom. The minimum absolute atomic E-state index is 0.364. The summed E-state index contributed by atoms with van der Waals surface area (Å²) in [7, 11) is 0. The van der Waals surface area contributed by atoms with Crippen molar-refractivity contribution in [2.24, 2.45) is 0 Å². The van der Waals surface area contributed by atoms with Crippen LogP contribution in [0.5, 0.6) is 0 Å². The highest BCUT2D eigenvalue weighted by Crippen LogP contribution is 2.15. The van der Waals surface area contributed by atoms with Crippen LogP contribution >= 0.6 is 0 Å². The van der Waals surface area contributed by atoms with E-state index in [0.29, 0.717) is 12.1 Å². The number of nitrogens with one attached hydrogen (secondary N) is 1. The Labute approximate surface area is 96.4 Å². The number of aromatic nitrogens is 2. The van der Waals surface area contributed by atoms with Crippen molar-refractivity contribution in [1.29, 1.82) is 0 Å². The topological polar surface area (TPSA) is 47.0 Å². The third-order valence-corrected chi connectivity index (χ3v) is 2.96. The molecule has 1 fully saturated rings. The van der Waals surface area contributed by atoms with E-state index in [1.165, 1.54) is 6.42 Å². The van der Waals surface area contributed by atoms with E-state index in [1.54, 1.807) is 6.20 Å². The summed E-state index contributed by atoms with van der Waals surface area (Å²) in [5, 5.41) is 3.45. The van der Waals surface area contributed by atoms with E-state index in [9.17, 15) is 0 Å². The molecular formula is C12H19N3O. The molecule has 2 atom stereocenters. The van der Waals surface area contributed by atoms with Gasteiger partial charge in [0.2, 0.25) is 0 Å². The van der Waals surface area contributed by atoms with E-state index < -0.39 is 0 Å².